The van der Waals surface area contributed by atoms with Crippen LogP contribution in [0.4, 0.5) is 10.1 Å². The van der Waals surface area contributed by atoms with Gasteiger partial charge in [-0.05, 0) is 29.6 Å². The highest BCUT2D eigenvalue weighted by molar-refractivity contribution is 6.61. The second-order valence-corrected chi connectivity index (χ2v) is 4.49. The van der Waals surface area contributed by atoms with E-state index in [0.717, 1.165) is 0 Å². The van der Waals surface area contributed by atoms with Crippen LogP contribution in [0.5, 0.6) is 0 Å². The van der Waals surface area contributed by atoms with Gasteiger partial charge in [0.1, 0.15) is 5.82 Å². The van der Waals surface area contributed by atoms with Crippen LogP contribution < -0.4 is 10.8 Å². The smallest absolute Gasteiger partial charge is 0.423 e. The van der Waals surface area contributed by atoms with Crippen LogP contribution >= 0.6 is 0 Å². The molecule has 0 radical (unpaired) electrons. The summed E-state index contributed by atoms with van der Waals surface area (Å²) in [5.74, 6) is -0.940. The first-order valence-electron chi connectivity index (χ1n) is 5.95. The molecule has 0 aromatic heterocycles. The highest BCUT2D eigenvalue weighted by atomic mass is 19.1. The van der Waals surface area contributed by atoms with Gasteiger partial charge in [-0.3, -0.25) is 4.79 Å². The number of hydrogen-bond donors (Lipinski definition) is 2. The number of amides is 1. The van der Waals surface area contributed by atoms with E-state index in [1.807, 2.05) is 6.92 Å². The lowest BCUT2D eigenvalue weighted by molar-refractivity contribution is -0.119. The van der Waals surface area contributed by atoms with Gasteiger partial charge in [0.2, 0.25) is 5.91 Å². The predicted molar refractivity (Wildman–Crippen MR) is 66.9 cm³/mol. The van der Waals surface area contributed by atoms with Gasteiger partial charge in [-0.2, -0.15) is 0 Å². The number of anilines is 1. The largest absolute Gasteiger partial charge is 0.491 e. The van der Waals surface area contributed by atoms with Crippen molar-refractivity contribution in [2.45, 2.75) is 26.9 Å². The Hall–Kier alpha value is -1.40. The van der Waals surface area contributed by atoms with Crippen LogP contribution in [0, 0.1) is 11.7 Å². The predicted octanol–water partition coefficient (Wildman–Crippen LogP) is 1.03. The molecule has 0 aliphatic carbocycles. The summed E-state index contributed by atoms with van der Waals surface area (Å²) in [6, 6.07) is 2.72. The van der Waals surface area contributed by atoms with Crippen molar-refractivity contribution in [3.63, 3.8) is 0 Å². The lowest BCUT2D eigenvalue weighted by atomic mass is 9.79. The zero-order chi connectivity index (χ0) is 13.3. The maximum Gasteiger partial charge on any atom is 0.491 e. The Morgan fingerprint density at radius 3 is 3.06 bits per heavy atom. The Morgan fingerprint density at radius 1 is 1.67 bits per heavy atom. The van der Waals surface area contributed by atoms with Gasteiger partial charge in [-0.25, -0.2) is 4.39 Å². The minimum absolute atomic E-state index is 0.136. The summed E-state index contributed by atoms with van der Waals surface area (Å²) in [6.07, 6.45) is 0.695. The van der Waals surface area contributed by atoms with E-state index in [0.29, 0.717) is 17.4 Å². The molecule has 1 heterocycles. The van der Waals surface area contributed by atoms with Gasteiger partial charge in [-0.15, -0.1) is 0 Å². The molecule has 0 bridgehead atoms. The monoisotopic (exact) mass is 251 g/mol. The molecule has 0 fully saturated rings. The number of hydrogen-bond acceptors (Lipinski definition) is 3. The molecule has 0 spiro atoms. The summed E-state index contributed by atoms with van der Waals surface area (Å²) < 4.78 is 18.7. The lowest BCUT2D eigenvalue weighted by Crippen LogP contribution is -2.29. The van der Waals surface area contributed by atoms with Gasteiger partial charge in [0, 0.05) is 5.92 Å². The van der Waals surface area contributed by atoms with Gasteiger partial charge in [0.15, 0.2) is 0 Å². The molecule has 1 aliphatic rings. The lowest BCUT2D eigenvalue weighted by Gasteiger charge is -2.12. The molecule has 0 saturated heterocycles. The maximum absolute atomic E-state index is 13.8. The number of benzene rings is 1. The molecule has 96 valence electrons. The number of fused-ring (bicyclic) bond motifs is 1. The molecular formula is C12H15BFNO3. The maximum atomic E-state index is 13.8. The van der Waals surface area contributed by atoms with Crippen molar-refractivity contribution < 1.29 is 18.9 Å². The highest BCUT2D eigenvalue weighted by Crippen LogP contribution is 2.20. The number of carbonyl (C=O) groups is 1. The van der Waals surface area contributed by atoms with E-state index in [4.69, 9.17) is 4.65 Å². The normalized spacial score (nSPS) is 15.4. The van der Waals surface area contributed by atoms with E-state index >= 15 is 0 Å². The molecular weight excluding hydrogens is 236 g/mol. The van der Waals surface area contributed by atoms with Crippen molar-refractivity contribution in [1.29, 1.82) is 0 Å². The van der Waals surface area contributed by atoms with E-state index in [2.05, 4.69) is 5.32 Å². The molecule has 2 rings (SSSR count). The van der Waals surface area contributed by atoms with Crippen LogP contribution in [0.25, 0.3) is 0 Å². The molecule has 1 aromatic carbocycles. The van der Waals surface area contributed by atoms with Crippen LogP contribution in [0.15, 0.2) is 12.1 Å². The molecule has 0 saturated carbocycles. The fraction of sp³-hybridized carbons (Fsp3) is 0.417. The zero-order valence-electron chi connectivity index (χ0n) is 10.4. The van der Waals surface area contributed by atoms with Gasteiger partial charge in [0.05, 0.1) is 12.3 Å². The van der Waals surface area contributed by atoms with Gasteiger partial charge in [-0.1, -0.05) is 13.8 Å². The Bertz CT molecular complexity index is 481. The van der Waals surface area contributed by atoms with E-state index in [1.54, 1.807) is 6.92 Å². The summed E-state index contributed by atoms with van der Waals surface area (Å²) in [5, 5.41) is 12.0. The Kier molecular flexibility index (Phi) is 3.68. The van der Waals surface area contributed by atoms with Gasteiger partial charge in [0.25, 0.3) is 0 Å². The summed E-state index contributed by atoms with van der Waals surface area (Å²) in [4.78, 5) is 11.7. The van der Waals surface area contributed by atoms with Crippen molar-refractivity contribution in [3.05, 3.63) is 23.5 Å². The first-order chi connectivity index (χ1) is 8.52. The van der Waals surface area contributed by atoms with Crippen LogP contribution in [-0.4, -0.2) is 18.0 Å². The van der Waals surface area contributed by atoms with E-state index in [-0.39, 0.29) is 24.1 Å². The number of halogens is 1. The standard InChI is InChI=1S/C12H15BFNO3/c1-3-7(2)12(16)15-11-4-8-6-18-13(17)9(8)5-10(11)14/h4-5,7,17H,3,6H2,1-2H3,(H,15,16). The molecule has 1 amide bonds. The van der Waals surface area contributed by atoms with Crippen molar-refractivity contribution in [3.8, 4) is 0 Å². The van der Waals surface area contributed by atoms with E-state index < -0.39 is 12.9 Å². The Balaban J connectivity index is 2.23. The molecule has 18 heavy (non-hydrogen) atoms. The highest BCUT2D eigenvalue weighted by Gasteiger charge is 2.29. The second-order valence-electron chi connectivity index (χ2n) is 4.49. The average Bonchev–Trinajstić information content (AvgIpc) is 2.70. The van der Waals surface area contributed by atoms with Crippen molar-refractivity contribution in [2.75, 3.05) is 5.32 Å². The van der Waals surface area contributed by atoms with Crippen molar-refractivity contribution in [2.24, 2.45) is 5.92 Å². The summed E-state index contributed by atoms with van der Waals surface area (Å²) >= 11 is 0. The average molecular weight is 251 g/mol. The van der Waals surface area contributed by atoms with Crippen LogP contribution in [0.2, 0.25) is 0 Å². The topological polar surface area (TPSA) is 58.6 Å². The molecule has 4 nitrogen and oxygen atoms in total. The number of nitrogens with one attached hydrogen (secondary N) is 1. The molecule has 1 aliphatic heterocycles. The number of carbonyl (C=O) groups excluding carboxylic acids is 1. The first kappa shape index (κ1) is 13.0. The summed E-state index contributed by atoms with van der Waals surface area (Å²) in [6.45, 7) is 3.91. The molecule has 6 heteroatoms. The molecule has 2 N–H and O–H groups in total. The minimum Gasteiger partial charge on any atom is -0.423 e. The third-order valence-corrected chi connectivity index (χ3v) is 3.21. The van der Waals surface area contributed by atoms with Crippen molar-refractivity contribution in [1.82, 2.24) is 0 Å². The second kappa shape index (κ2) is 5.08. The first-order valence-corrected chi connectivity index (χ1v) is 5.95. The third-order valence-electron chi connectivity index (χ3n) is 3.21. The van der Waals surface area contributed by atoms with Crippen LogP contribution in [0.1, 0.15) is 25.8 Å². The Morgan fingerprint density at radius 2 is 2.39 bits per heavy atom. The van der Waals surface area contributed by atoms with E-state index in [1.165, 1.54) is 12.1 Å². The quantitative estimate of drug-likeness (QED) is 0.789. The van der Waals surface area contributed by atoms with Crippen LogP contribution in [0.3, 0.4) is 0 Å². The van der Waals surface area contributed by atoms with Gasteiger partial charge < -0.3 is 15.0 Å². The Labute approximate surface area is 105 Å². The minimum atomic E-state index is -1.08. The molecule has 1 aromatic rings. The molecule has 1 atom stereocenters. The van der Waals surface area contributed by atoms with Crippen LogP contribution in [-0.2, 0) is 16.1 Å². The number of rotatable bonds is 3. The van der Waals surface area contributed by atoms with Crippen molar-refractivity contribution >= 4 is 24.2 Å². The fourth-order valence-corrected chi connectivity index (χ4v) is 1.78. The SMILES string of the molecule is CCC(C)C(=O)Nc1cc2c(cc1F)B(O)OC2. The summed E-state index contributed by atoms with van der Waals surface area (Å²) in [5.41, 5.74) is 1.26. The fourth-order valence-electron chi connectivity index (χ4n) is 1.78. The molecule has 1 unspecified atom stereocenters. The van der Waals surface area contributed by atoms with E-state index in [9.17, 15) is 14.2 Å². The summed E-state index contributed by atoms with van der Waals surface area (Å²) in [7, 11) is -1.08. The third kappa shape index (κ3) is 2.39. The zero-order valence-corrected chi connectivity index (χ0v) is 10.4. The van der Waals surface area contributed by atoms with Gasteiger partial charge >= 0.3 is 7.12 Å².